The fraction of sp³-hybridized carbons (Fsp3) is 0.350. The van der Waals surface area contributed by atoms with Crippen molar-refractivity contribution in [2.24, 2.45) is 5.92 Å². The molecule has 2 aromatic rings. The Bertz CT molecular complexity index is 993. The Morgan fingerprint density at radius 1 is 1.10 bits per heavy atom. The molecule has 0 radical (unpaired) electrons. The largest absolute Gasteiger partial charge is 0.356 e. The smallest absolute Gasteiger partial charge is 0.243 e. The summed E-state index contributed by atoms with van der Waals surface area (Å²) in [6, 6.07) is 9.69. The van der Waals surface area contributed by atoms with Gasteiger partial charge in [0.15, 0.2) is 0 Å². The highest BCUT2D eigenvalue weighted by Crippen LogP contribution is 2.26. The second-order valence-electron chi connectivity index (χ2n) is 6.89. The van der Waals surface area contributed by atoms with E-state index < -0.39 is 15.8 Å². The molecule has 1 aliphatic heterocycles. The van der Waals surface area contributed by atoms with Crippen LogP contribution in [0.25, 0.3) is 0 Å². The Hall–Kier alpha value is -2.03. The van der Waals surface area contributed by atoms with Crippen LogP contribution in [-0.2, 0) is 21.2 Å². The summed E-state index contributed by atoms with van der Waals surface area (Å²) in [5.74, 6) is -1.46. The molecule has 0 bridgehead atoms. The van der Waals surface area contributed by atoms with Crippen molar-refractivity contribution in [3.05, 3.63) is 64.7 Å². The second kappa shape index (κ2) is 9.19. The highest BCUT2D eigenvalue weighted by atomic mass is 35.5. The average Bonchev–Trinajstić information content (AvgIpc) is 2.71. The van der Waals surface area contributed by atoms with Gasteiger partial charge < -0.3 is 5.32 Å². The number of hydrogen-bond donors (Lipinski definition) is 1. The van der Waals surface area contributed by atoms with Crippen LogP contribution in [0.3, 0.4) is 0 Å². The Morgan fingerprint density at radius 2 is 1.79 bits per heavy atom. The topological polar surface area (TPSA) is 66.5 Å². The maximum atomic E-state index is 13.6. The summed E-state index contributed by atoms with van der Waals surface area (Å²) in [6.45, 7) is 0.678. The summed E-state index contributed by atoms with van der Waals surface area (Å²) in [7, 11) is -3.80. The van der Waals surface area contributed by atoms with Gasteiger partial charge in [-0.2, -0.15) is 4.31 Å². The lowest BCUT2D eigenvalue weighted by molar-refractivity contribution is -0.126. The third-order valence-corrected chi connectivity index (χ3v) is 7.19. The molecule has 3 rings (SSSR count). The Morgan fingerprint density at radius 3 is 2.45 bits per heavy atom. The van der Waals surface area contributed by atoms with Crippen LogP contribution >= 0.6 is 11.6 Å². The number of halogens is 3. The summed E-state index contributed by atoms with van der Waals surface area (Å²) in [4.78, 5) is 12.3. The van der Waals surface area contributed by atoms with E-state index in [1.54, 1.807) is 18.2 Å². The van der Waals surface area contributed by atoms with Gasteiger partial charge in [0.2, 0.25) is 15.9 Å². The molecule has 0 aromatic heterocycles. The van der Waals surface area contributed by atoms with Crippen molar-refractivity contribution in [1.82, 2.24) is 9.62 Å². The lowest BCUT2D eigenvalue weighted by atomic mass is 9.97. The van der Waals surface area contributed by atoms with Crippen molar-refractivity contribution in [1.29, 1.82) is 0 Å². The molecule has 0 spiro atoms. The van der Waals surface area contributed by atoms with Crippen molar-refractivity contribution in [2.45, 2.75) is 24.2 Å². The molecular formula is C20H21ClF2N2O3S. The van der Waals surface area contributed by atoms with Gasteiger partial charge in [-0.25, -0.2) is 17.2 Å². The molecule has 1 fully saturated rings. The summed E-state index contributed by atoms with van der Waals surface area (Å²) < 4.78 is 53.6. The molecule has 0 atom stereocenters. The van der Waals surface area contributed by atoms with Gasteiger partial charge in [-0.1, -0.05) is 29.8 Å². The monoisotopic (exact) mass is 442 g/mol. The highest BCUT2D eigenvalue weighted by molar-refractivity contribution is 7.89. The Labute approximate surface area is 173 Å². The van der Waals surface area contributed by atoms with Crippen LogP contribution in [0.1, 0.15) is 18.4 Å². The molecule has 1 amide bonds. The van der Waals surface area contributed by atoms with Crippen LogP contribution in [-0.4, -0.2) is 38.3 Å². The molecule has 9 heteroatoms. The maximum Gasteiger partial charge on any atom is 0.243 e. The molecule has 1 heterocycles. The number of rotatable bonds is 6. The average molecular weight is 443 g/mol. The zero-order valence-corrected chi connectivity index (χ0v) is 17.1. The minimum absolute atomic E-state index is 0.0725. The molecule has 1 aliphatic rings. The number of piperidine rings is 1. The van der Waals surface area contributed by atoms with Gasteiger partial charge in [-0.15, -0.1) is 0 Å². The maximum absolute atomic E-state index is 13.6. The van der Waals surface area contributed by atoms with Gasteiger partial charge in [0, 0.05) is 25.6 Å². The first kappa shape index (κ1) is 21.7. The molecular weight excluding hydrogens is 422 g/mol. The van der Waals surface area contributed by atoms with Crippen LogP contribution in [0.4, 0.5) is 8.78 Å². The van der Waals surface area contributed by atoms with Crippen LogP contribution in [0.5, 0.6) is 0 Å². The summed E-state index contributed by atoms with van der Waals surface area (Å²) in [5, 5.41) is 2.54. The van der Waals surface area contributed by atoms with E-state index in [4.69, 9.17) is 11.6 Å². The Kier molecular flexibility index (Phi) is 6.87. The molecule has 156 valence electrons. The lowest BCUT2D eigenvalue weighted by Crippen LogP contribution is -2.43. The van der Waals surface area contributed by atoms with Gasteiger partial charge in [-0.3, -0.25) is 4.79 Å². The van der Waals surface area contributed by atoms with Gasteiger partial charge in [0.05, 0.1) is 9.92 Å². The number of benzene rings is 2. The number of hydrogen-bond acceptors (Lipinski definition) is 3. The van der Waals surface area contributed by atoms with Crippen LogP contribution in [0, 0.1) is 17.6 Å². The second-order valence-corrected chi connectivity index (χ2v) is 9.23. The van der Waals surface area contributed by atoms with E-state index in [-0.39, 0.29) is 40.6 Å². The van der Waals surface area contributed by atoms with E-state index in [2.05, 4.69) is 5.32 Å². The fourth-order valence-corrected chi connectivity index (χ4v) is 5.05. The number of carbonyl (C=O) groups excluding carboxylic acids is 1. The van der Waals surface area contributed by atoms with E-state index in [0.29, 0.717) is 31.4 Å². The zero-order chi connectivity index (χ0) is 21.0. The highest BCUT2D eigenvalue weighted by Gasteiger charge is 2.32. The molecule has 29 heavy (non-hydrogen) atoms. The van der Waals surface area contributed by atoms with E-state index in [0.717, 1.165) is 12.1 Å². The van der Waals surface area contributed by atoms with Crippen LogP contribution in [0.15, 0.2) is 47.4 Å². The SMILES string of the molecule is O=C(NCCc1ccccc1F)C1CCN(S(=O)(=O)c2ccc(F)c(Cl)c2)CC1. The fourth-order valence-electron chi connectivity index (χ4n) is 3.31. The summed E-state index contributed by atoms with van der Waals surface area (Å²) >= 11 is 5.69. The predicted octanol–water partition coefficient (Wildman–Crippen LogP) is 3.38. The van der Waals surface area contributed by atoms with E-state index in [1.165, 1.54) is 16.4 Å². The van der Waals surface area contributed by atoms with Crippen molar-refractivity contribution in [3.8, 4) is 0 Å². The molecule has 5 nitrogen and oxygen atoms in total. The van der Waals surface area contributed by atoms with E-state index >= 15 is 0 Å². The van der Waals surface area contributed by atoms with Gasteiger partial charge in [0.25, 0.3) is 0 Å². The van der Waals surface area contributed by atoms with Crippen LogP contribution in [0.2, 0.25) is 5.02 Å². The predicted molar refractivity (Wildman–Crippen MR) is 106 cm³/mol. The first-order valence-electron chi connectivity index (χ1n) is 9.25. The van der Waals surface area contributed by atoms with Crippen LogP contribution < -0.4 is 5.32 Å². The van der Waals surface area contributed by atoms with Gasteiger partial charge in [0.1, 0.15) is 11.6 Å². The first-order chi connectivity index (χ1) is 13.8. The third kappa shape index (κ3) is 5.12. The van der Waals surface area contributed by atoms with Crippen molar-refractivity contribution in [3.63, 3.8) is 0 Å². The molecule has 0 aliphatic carbocycles. The number of amides is 1. The zero-order valence-electron chi connectivity index (χ0n) is 15.6. The minimum atomic E-state index is -3.80. The number of nitrogens with zero attached hydrogens (tertiary/aromatic N) is 1. The van der Waals surface area contributed by atoms with Crippen molar-refractivity contribution >= 4 is 27.5 Å². The number of nitrogens with one attached hydrogen (secondary N) is 1. The quantitative estimate of drug-likeness (QED) is 0.745. The first-order valence-corrected chi connectivity index (χ1v) is 11.1. The molecule has 1 N–H and O–H groups in total. The normalized spacial score (nSPS) is 16.0. The lowest BCUT2D eigenvalue weighted by Gasteiger charge is -2.30. The summed E-state index contributed by atoms with van der Waals surface area (Å²) in [5.41, 5.74) is 0.534. The molecule has 2 aromatic carbocycles. The third-order valence-electron chi connectivity index (χ3n) is 5.00. The van der Waals surface area contributed by atoms with Gasteiger partial charge in [-0.05, 0) is 49.1 Å². The minimum Gasteiger partial charge on any atom is -0.356 e. The number of carbonyl (C=O) groups is 1. The molecule has 1 saturated heterocycles. The summed E-state index contributed by atoms with van der Waals surface area (Å²) in [6.07, 6.45) is 1.14. The molecule has 0 saturated carbocycles. The standard InChI is InChI=1S/C20H21ClF2N2O3S/c21-17-13-16(5-6-19(17)23)29(27,28)25-11-8-15(9-12-25)20(26)24-10-7-14-3-1-2-4-18(14)22/h1-6,13,15H,7-12H2,(H,24,26). The molecule has 0 unspecified atom stereocenters. The Balaban J connectivity index is 1.52. The van der Waals surface area contributed by atoms with Crippen molar-refractivity contribution < 1.29 is 22.0 Å². The van der Waals surface area contributed by atoms with Gasteiger partial charge >= 0.3 is 0 Å². The van der Waals surface area contributed by atoms with E-state index in [1.807, 2.05) is 0 Å². The van der Waals surface area contributed by atoms with E-state index in [9.17, 15) is 22.0 Å². The number of sulfonamides is 1. The van der Waals surface area contributed by atoms with Crippen molar-refractivity contribution in [2.75, 3.05) is 19.6 Å².